The lowest BCUT2D eigenvalue weighted by Gasteiger charge is -2.26. The van der Waals surface area contributed by atoms with Crippen molar-refractivity contribution >= 4 is 29.3 Å². The molecule has 1 aliphatic heterocycles. The first-order valence-corrected chi connectivity index (χ1v) is 7.35. The van der Waals surface area contributed by atoms with E-state index in [2.05, 4.69) is 5.32 Å². The van der Waals surface area contributed by atoms with Crippen molar-refractivity contribution in [3.63, 3.8) is 0 Å². The Balaban J connectivity index is 1.96. The molecule has 1 aliphatic rings. The Hall–Kier alpha value is -0.710. The quantitative estimate of drug-likeness (QED) is 0.924. The molecule has 3 nitrogen and oxygen atoms in total. The average Bonchev–Trinajstić information content (AvgIpc) is 2.85. The summed E-state index contributed by atoms with van der Waals surface area (Å²) in [5, 5.41) is 3.49. The lowest BCUT2D eigenvalue weighted by Crippen LogP contribution is -2.44. The van der Waals surface area contributed by atoms with Crippen molar-refractivity contribution in [3.8, 4) is 0 Å². The van der Waals surface area contributed by atoms with E-state index in [1.807, 2.05) is 11.8 Å². The van der Waals surface area contributed by atoms with Gasteiger partial charge in [-0.1, -0.05) is 17.7 Å². The van der Waals surface area contributed by atoms with Crippen molar-refractivity contribution in [3.05, 3.63) is 34.9 Å². The molecule has 1 heterocycles. The molecule has 1 unspecified atom stereocenters. The van der Waals surface area contributed by atoms with Gasteiger partial charge in [0, 0.05) is 30.0 Å². The van der Waals surface area contributed by atoms with Gasteiger partial charge in [0.25, 0.3) is 5.91 Å². The molecule has 98 valence electrons. The van der Waals surface area contributed by atoms with Crippen LogP contribution >= 0.6 is 23.4 Å². The number of carbonyl (C=O) groups is 1. The molecule has 1 amide bonds. The Morgan fingerprint density at radius 3 is 3.06 bits per heavy atom. The number of carbonyl (C=O) groups excluding carboxylic acids is 1. The number of ether oxygens (including phenoxy) is 1. The van der Waals surface area contributed by atoms with Crippen molar-refractivity contribution in [1.29, 1.82) is 0 Å². The summed E-state index contributed by atoms with van der Waals surface area (Å²) in [5.74, 6) is 1.91. The number of amides is 1. The number of rotatable bonds is 4. The lowest BCUT2D eigenvalue weighted by molar-refractivity contribution is 0.0137. The van der Waals surface area contributed by atoms with Gasteiger partial charge in [-0.05, 0) is 30.4 Å². The largest absolute Gasteiger partial charge is 0.376 e. The zero-order chi connectivity index (χ0) is 13.0. The third-order valence-electron chi connectivity index (χ3n) is 3.16. The van der Waals surface area contributed by atoms with Crippen LogP contribution in [0.1, 0.15) is 16.8 Å². The second kappa shape index (κ2) is 5.95. The summed E-state index contributed by atoms with van der Waals surface area (Å²) < 4.78 is 5.55. The van der Waals surface area contributed by atoms with E-state index in [9.17, 15) is 4.79 Å². The highest BCUT2D eigenvalue weighted by atomic mass is 35.5. The first-order valence-electron chi connectivity index (χ1n) is 5.82. The molecule has 2 rings (SSSR count). The van der Waals surface area contributed by atoms with Crippen molar-refractivity contribution in [2.45, 2.75) is 12.0 Å². The molecular formula is C13H16ClNO2S. The standard InChI is InChI=1S/C13H16ClNO2S/c1-17-13(5-6-18-9-13)8-15-12(16)10-3-2-4-11(14)7-10/h2-4,7H,5-6,8-9H2,1H3,(H,15,16). The van der Waals surface area contributed by atoms with Crippen LogP contribution in [0.2, 0.25) is 5.02 Å². The first kappa shape index (κ1) is 13.7. The fourth-order valence-electron chi connectivity index (χ4n) is 1.93. The average molecular weight is 286 g/mol. The van der Waals surface area contributed by atoms with E-state index in [0.29, 0.717) is 17.1 Å². The maximum atomic E-state index is 12.0. The predicted molar refractivity (Wildman–Crippen MR) is 75.5 cm³/mol. The van der Waals surface area contributed by atoms with Crippen molar-refractivity contribution in [2.75, 3.05) is 25.2 Å². The number of nitrogens with one attached hydrogen (secondary N) is 1. The summed E-state index contributed by atoms with van der Waals surface area (Å²) in [5.41, 5.74) is 0.373. The van der Waals surface area contributed by atoms with Gasteiger partial charge in [0.05, 0.1) is 5.60 Å². The molecule has 1 aromatic carbocycles. The van der Waals surface area contributed by atoms with Crippen LogP contribution in [-0.2, 0) is 4.74 Å². The van der Waals surface area contributed by atoms with Gasteiger partial charge in [-0.15, -0.1) is 0 Å². The van der Waals surface area contributed by atoms with E-state index in [1.54, 1.807) is 31.4 Å². The minimum Gasteiger partial charge on any atom is -0.376 e. The normalized spacial score (nSPS) is 23.0. The minimum absolute atomic E-state index is 0.106. The first-order chi connectivity index (χ1) is 8.65. The van der Waals surface area contributed by atoms with E-state index in [0.717, 1.165) is 17.9 Å². The number of halogens is 1. The molecule has 1 N–H and O–H groups in total. The Labute approximate surface area is 116 Å². The third kappa shape index (κ3) is 3.19. The van der Waals surface area contributed by atoms with Crippen LogP contribution in [0.5, 0.6) is 0 Å². The van der Waals surface area contributed by atoms with Crippen LogP contribution in [0, 0.1) is 0 Å². The number of benzene rings is 1. The fraction of sp³-hybridized carbons (Fsp3) is 0.462. The Bertz CT molecular complexity index is 433. The zero-order valence-electron chi connectivity index (χ0n) is 10.2. The second-order valence-corrected chi connectivity index (χ2v) is 5.92. The molecular weight excluding hydrogens is 270 g/mol. The summed E-state index contributed by atoms with van der Waals surface area (Å²) in [4.78, 5) is 12.0. The SMILES string of the molecule is COC1(CNC(=O)c2cccc(Cl)c2)CCSC1. The van der Waals surface area contributed by atoms with E-state index in [-0.39, 0.29) is 11.5 Å². The smallest absolute Gasteiger partial charge is 0.251 e. The third-order valence-corrected chi connectivity index (χ3v) is 4.62. The number of hydrogen-bond acceptors (Lipinski definition) is 3. The van der Waals surface area contributed by atoms with Crippen LogP contribution < -0.4 is 5.32 Å². The number of thioether (sulfide) groups is 1. The summed E-state index contributed by atoms with van der Waals surface area (Å²) in [7, 11) is 1.71. The minimum atomic E-state index is -0.209. The maximum Gasteiger partial charge on any atom is 0.251 e. The Kier molecular flexibility index (Phi) is 4.54. The molecule has 1 saturated heterocycles. The highest BCUT2D eigenvalue weighted by molar-refractivity contribution is 7.99. The van der Waals surface area contributed by atoms with E-state index < -0.39 is 0 Å². The molecule has 1 aromatic rings. The van der Waals surface area contributed by atoms with Crippen LogP contribution in [0.3, 0.4) is 0 Å². The van der Waals surface area contributed by atoms with Gasteiger partial charge >= 0.3 is 0 Å². The molecule has 0 aliphatic carbocycles. The molecule has 1 fully saturated rings. The predicted octanol–water partition coefficient (Wildman–Crippen LogP) is 2.59. The van der Waals surface area contributed by atoms with E-state index >= 15 is 0 Å². The van der Waals surface area contributed by atoms with Crippen LogP contribution in [0.25, 0.3) is 0 Å². The maximum absolute atomic E-state index is 12.0. The molecule has 0 bridgehead atoms. The van der Waals surface area contributed by atoms with Gasteiger partial charge in [-0.3, -0.25) is 4.79 Å². The fourth-order valence-corrected chi connectivity index (χ4v) is 3.52. The van der Waals surface area contributed by atoms with Gasteiger partial charge in [0.2, 0.25) is 0 Å². The van der Waals surface area contributed by atoms with Gasteiger partial charge in [-0.25, -0.2) is 0 Å². The number of hydrogen-bond donors (Lipinski definition) is 1. The lowest BCUT2D eigenvalue weighted by atomic mass is 10.0. The molecule has 1 atom stereocenters. The summed E-state index contributed by atoms with van der Waals surface area (Å²) in [6, 6.07) is 6.95. The van der Waals surface area contributed by atoms with Crippen molar-refractivity contribution in [2.24, 2.45) is 0 Å². The summed E-state index contributed by atoms with van der Waals surface area (Å²) in [6.07, 6.45) is 0.976. The van der Waals surface area contributed by atoms with E-state index in [1.165, 1.54) is 0 Å². The molecule has 5 heteroatoms. The highest BCUT2D eigenvalue weighted by Gasteiger charge is 2.34. The van der Waals surface area contributed by atoms with Crippen LogP contribution in [0.15, 0.2) is 24.3 Å². The van der Waals surface area contributed by atoms with Gasteiger partial charge in [0.15, 0.2) is 0 Å². The summed E-state index contributed by atoms with van der Waals surface area (Å²) >= 11 is 7.72. The highest BCUT2D eigenvalue weighted by Crippen LogP contribution is 2.30. The molecule has 0 saturated carbocycles. The zero-order valence-corrected chi connectivity index (χ0v) is 11.8. The van der Waals surface area contributed by atoms with Gasteiger partial charge in [-0.2, -0.15) is 11.8 Å². The molecule has 0 aromatic heterocycles. The second-order valence-electron chi connectivity index (χ2n) is 4.38. The molecule has 18 heavy (non-hydrogen) atoms. The molecule has 0 radical (unpaired) electrons. The van der Waals surface area contributed by atoms with Crippen LogP contribution in [-0.4, -0.2) is 36.7 Å². The molecule has 0 spiro atoms. The van der Waals surface area contributed by atoms with Crippen LogP contribution in [0.4, 0.5) is 0 Å². The van der Waals surface area contributed by atoms with Gasteiger partial charge < -0.3 is 10.1 Å². The number of methoxy groups -OCH3 is 1. The van der Waals surface area contributed by atoms with Crippen molar-refractivity contribution in [1.82, 2.24) is 5.32 Å². The topological polar surface area (TPSA) is 38.3 Å². The Morgan fingerprint density at radius 2 is 2.44 bits per heavy atom. The summed E-state index contributed by atoms with van der Waals surface area (Å²) in [6.45, 7) is 0.543. The van der Waals surface area contributed by atoms with E-state index in [4.69, 9.17) is 16.3 Å². The monoisotopic (exact) mass is 285 g/mol. The Morgan fingerprint density at radius 1 is 1.61 bits per heavy atom. The van der Waals surface area contributed by atoms with Gasteiger partial charge in [0.1, 0.15) is 0 Å². The van der Waals surface area contributed by atoms with Crippen molar-refractivity contribution < 1.29 is 9.53 Å².